The molecule has 1 aliphatic carbocycles. The first-order valence-corrected chi connectivity index (χ1v) is 3.06. The Morgan fingerprint density at radius 3 is 2.67 bits per heavy atom. The Kier molecular flexibility index (Phi) is 1.67. The lowest BCUT2D eigenvalue weighted by atomic mass is 10.1. The lowest BCUT2D eigenvalue weighted by Gasteiger charge is -2.08. The Hall–Kier alpha value is -0.630. The van der Waals surface area contributed by atoms with Gasteiger partial charge in [0, 0.05) is 12.5 Å². The summed E-state index contributed by atoms with van der Waals surface area (Å²) in [5, 5.41) is 17.3. The molecule has 50 valence electrons. The number of halogens is 1. The third kappa shape index (κ3) is 1.64. The average Bonchev–Trinajstić information content (AvgIpc) is 1.59. The number of alkyl halides is 1. The Bertz CT molecular complexity index is 172. The standard InChI is InChI=1S/C6H7ClO2/c7-4-1-5(8)3-6(9)2-4/h1,3-4,8-9H,2H2. The molecule has 3 heteroatoms. The molecule has 1 atom stereocenters. The monoisotopic (exact) mass is 146 g/mol. The molecule has 0 spiro atoms. The molecule has 9 heavy (non-hydrogen) atoms. The fraction of sp³-hybridized carbons (Fsp3) is 0.333. The van der Waals surface area contributed by atoms with Crippen LogP contribution < -0.4 is 0 Å². The van der Waals surface area contributed by atoms with E-state index in [-0.39, 0.29) is 16.9 Å². The van der Waals surface area contributed by atoms with Crippen LogP contribution in [0.3, 0.4) is 0 Å². The van der Waals surface area contributed by atoms with Gasteiger partial charge in [-0.3, -0.25) is 0 Å². The van der Waals surface area contributed by atoms with Crippen LogP contribution >= 0.6 is 11.6 Å². The van der Waals surface area contributed by atoms with Crippen molar-refractivity contribution >= 4 is 11.6 Å². The molecule has 0 radical (unpaired) electrons. The van der Waals surface area contributed by atoms with Crippen LogP contribution in [0.5, 0.6) is 0 Å². The van der Waals surface area contributed by atoms with Gasteiger partial charge in [0.2, 0.25) is 0 Å². The molecule has 2 nitrogen and oxygen atoms in total. The first kappa shape index (κ1) is 6.49. The molecule has 0 aromatic heterocycles. The summed E-state index contributed by atoms with van der Waals surface area (Å²) in [7, 11) is 0. The molecule has 0 aromatic rings. The van der Waals surface area contributed by atoms with Gasteiger partial charge in [-0.1, -0.05) is 0 Å². The molecule has 0 aromatic carbocycles. The molecule has 2 N–H and O–H groups in total. The summed E-state index contributed by atoms with van der Waals surface area (Å²) in [5.74, 6) is 0.175. The summed E-state index contributed by atoms with van der Waals surface area (Å²) >= 11 is 5.57. The van der Waals surface area contributed by atoms with Crippen molar-refractivity contribution in [3.8, 4) is 0 Å². The van der Waals surface area contributed by atoms with Crippen LogP contribution in [0.2, 0.25) is 0 Å². The maximum absolute atomic E-state index is 8.83. The zero-order valence-corrected chi connectivity index (χ0v) is 5.47. The van der Waals surface area contributed by atoms with E-state index in [0.29, 0.717) is 6.42 Å². The third-order valence-corrected chi connectivity index (χ3v) is 1.35. The molecular weight excluding hydrogens is 140 g/mol. The van der Waals surface area contributed by atoms with Crippen molar-refractivity contribution in [3.63, 3.8) is 0 Å². The molecule has 0 amide bonds. The lowest BCUT2D eigenvalue weighted by molar-refractivity contribution is 0.365. The molecule has 0 fully saturated rings. The van der Waals surface area contributed by atoms with E-state index < -0.39 is 0 Å². The highest BCUT2D eigenvalue weighted by molar-refractivity contribution is 6.22. The van der Waals surface area contributed by atoms with Gasteiger partial charge < -0.3 is 10.2 Å². The second-order valence-corrected chi connectivity index (χ2v) is 2.51. The topological polar surface area (TPSA) is 40.5 Å². The Balaban J connectivity index is 2.74. The zero-order valence-electron chi connectivity index (χ0n) is 4.71. The third-order valence-electron chi connectivity index (χ3n) is 1.07. The van der Waals surface area contributed by atoms with E-state index in [4.69, 9.17) is 21.8 Å². The minimum absolute atomic E-state index is 0.0405. The molecule has 1 rings (SSSR count). The highest BCUT2D eigenvalue weighted by Crippen LogP contribution is 2.17. The summed E-state index contributed by atoms with van der Waals surface area (Å²) in [5.41, 5.74) is 0. The normalized spacial score (nSPS) is 27.0. The van der Waals surface area contributed by atoms with Crippen molar-refractivity contribution in [2.24, 2.45) is 0 Å². The van der Waals surface area contributed by atoms with Crippen molar-refractivity contribution in [1.29, 1.82) is 0 Å². The van der Waals surface area contributed by atoms with Crippen molar-refractivity contribution in [1.82, 2.24) is 0 Å². The molecule has 0 saturated carbocycles. The van der Waals surface area contributed by atoms with Gasteiger partial charge in [-0.15, -0.1) is 11.6 Å². The summed E-state index contributed by atoms with van der Waals surface area (Å²) in [6.07, 6.45) is 3.19. The van der Waals surface area contributed by atoms with Crippen LogP contribution in [0, 0.1) is 0 Å². The first-order chi connectivity index (χ1) is 4.18. The quantitative estimate of drug-likeness (QED) is 0.513. The van der Waals surface area contributed by atoms with Crippen LogP contribution in [0.25, 0.3) is 0 Å². The number of hydrogen-bond donors (Lipinski definition) is 2. The summed E-state index contributed by atoms with van der Waals surface area (Å²) in [6, 6.07) is 0. The van der Waals surface area contributed by atoms with Crippen LogP contribution in [-0.2, 0) is 0 Å². The van der Waals surface area contributed by atoms with E-state index in [1.807, 2.05) is 0 Å². The van der Waals surface area contributed by atoms with E-state index in [1.54, 1.807) is 0 Å². The molecule has 0 saturated heterocycles. The zero-order chi connectivity index (χ0) is 6.85. The van der Waals surface area contributed by atoms with E-state index in [1.165, 1.54) is 12.2 Å². The van der Waals surface area contributed by atoms with Crippen molar-refractivity contribution < 1.29 is 10.2 Å². The fourth-order valence-electron chi connectivity index (χ4n) is 0.722. The maximum Gasteiger partial charge on any atom is 0.116 e. The smallest absolute Gasteiger partial charge is 0.116 e. The SMILES string of the molecule is OC1=CC(Cl)CC(O)=C1. The van der Waals surface area contributed by atoms with E-state index in [9.17, 15) is 0 Å². The molecule has 0 aliphatic heterocycles. The van der Waals surface area contributed by atoms with Crippen LogP contribution in [-0.4, -0.2) is 15.6 Å². The van der Waals surface area contributed by atoms with Gasteiger partial charge in [0.15, 0.2) is 0 Å². The first-order valence-electron chi connectivity index (χ1n) is 2.63. The largest absolute Gasteiger partial charge is 0.512 e. The van der Waals surface area contributed by atoms with E-state index in [0.717, 1.165) is 0 Å². The van der Waals surface area contributed by atoms with E-state index in [2.05, 4.69) is 0 Å². The number of aliphatic hydroxyl groups is 2. The molecule has 0 heterocycles. The van der Waals surface area contributed by atoms with Crippen molar-refractivity contribution in [2.45, 2.75) is 11.8 Å². The molecular formula is C6H7ClO2. The molecule has 1 unspecified atom stereocenters. The summed E-state index contributed by atoms with van der Waals surface area (Å²) in [6.45, 7) is 0. The van der Waals surface area contributed by atoms with Gasteiger partial charge in [-0.2, -0.15) is 0 Å². The van der Waals surface area contributed by atoms with Crippen molar-refractivity contribution in [2.75, 3.05) is 0 Å². The minimum Gasteiger partial charge on any atom is -0.512 e. The number of allylic oxidation sites excluding steroid dienone is 3. The highest BCUT2D eigenvalue weighted by atomic mass is 35.5. The Morgan fingerprint density at radius 1 is 1.56 bits per heavy atom. The van der Waals surface area contributed by atoms with Gasteiger partial charge in [0.25, 0.3) is 0 Å². The molecule has 1 aliphatic rings. The Labute approximate surface area is 58.1 Å². The van der Waals surface area contributed by atoms with Gasteiger partial charge in [0.05, 0.1) is 11.1 Å². The van der Waals surface area contributed by atoms with Gasteiger partial charge in [-0.05, 0) is 6.08 Å². The number of aliphatic hydroxyl groups excluding tert-OH is 2. The average molecular weight is 147 g/mol. The van der Waals surface area contributed by atoms with Crippen molar-refractivity contribution in [3.05, 3.63) is 23.7 Å². The van der Waals surface area contributed by atoms with Gasteiger partial charge >= 0.3 is 0 Å². The fourth-order valence-corrected chi connectivity index (χ4v) is 1.01. The van der Waals surface area contributed by atoms with Gasteiger partial charge in [-0.25, -0.2) is 0 Å². The second-order valence-electron chi connectivity index (χ2n) is 1.95. The lowest BCUT2D eigenvalue weighted by Crippen LogP contribution is -2.02. The predicted molar refractivity (Wildman–Crippen MR) is 35.7 cm³/mol. The van der Waals surface area contributed by atoms with Crippen LogP contribution in [0.4, 0.5) is 0 Å². The van der Waals surface area contributed by atoms with Crippen LogP contribution in [0.1, 0.15) is 6.42 Å². The number of rotatable bonds is 0. The maximum atomic E-state index is 8.83. The second kappa shape index (κ2) is 2.31. The summed E-state index contributed by atoms with van der Waals surface area (Å²) in [4.78, 5) is 0. The molecule has 0 bridgehead atoms. The Morgan fingerprint density at radius 2 is 2.22 bits per heavy atom. The summed E-state index contributed by atoms with van der Waals surface area (Å²) < 4.78 is 0. The van der Waals surface area contributed by atoms with E-state index >= 15 is 0 Å². The van der Waals surface area contributed by atoms with Gasteiger partial charge in [0.1, 0.15) is 5.76 Å². The number of hydrogen-bond acceptors (Lipinski definition) is 2. The highest BCUT2D eigenvalue weighted by Gasteiger charge is 2.10. The predicted octanol–water partition coefficient (Wildman–Crippen LogP) is 1.88. The minimum atomic E-state index is -0.269. The van der Waals surface area contributed by atoms with Crippen LogP contribution in [0.15, 0.2) is 23.7 Å².